The van der Waals surface area contributed by atoms with Crippen molar-refractivity contribution in [2.45, 2.75) is 25.3 Å². The van der Waals surface area contributed by atoms with Crippen LogP contribution in [0.4, 0.5) is 10.5 Å². The number of aryl methyl sites for hydroxylation is 1. The van der Waals surface area contributed by atoms with Gasteiger partial charge in [0.1, 0.15) is 6.04 Å². The van der Waals surface area contributed by atoms with Gasteiger partial charge in [0.05, 0.1) is 7.05 Å². The highest BCUT2D eigenvalue weighted by molar-refractivity contribution is 6.01. The lowest BCUT2D eigenvalue weighted by Crippen LogP contribution is -3.10. The Kier molecular flexibility index (Phi) is 5.46. The third kappa shape index (κ3) is 4.45. The highest BCUT2D eigenvalue weighted by atomic mass is 16.2. The molecule has 3 N–H and O–H groups in total. The molecular weight excluding hydrogens is 314 g/mol. The van der Waals surface area contributed by atoms with Gasteiger partial charge in [-0.1, -0.05) is 42.5 Å². The molecule has 2 aromatic rings. The van der Waals surface area contributed by atoms with E-state index in [0.717, 1.165) is 24.2 Å². The van der Waals surface area contributed by atoms with E-state index in [1.807, 2.05) is 25.2 Å². The second kappa shape index (κ2) is 7.94. The number of urea groups is 1. The Morgan fingerprint density at radius 2 is 1.80 bits per heavy atom. The summed E-state index contributed by atoms with van der Waals surface area (Å²) >= 11 is 0. The smallest absolute Gasteiger partial charge is 0.323 e. The third-order valence-electron chi connectivity index (χ3n) is 4.69. The lowest BCUT2D eigenvalue weighted by Gasteiger charge is -2.30. The van der Waals surface area contributed by atoms with Gasteiger partial charge in [-0.3, -0.25) is 10.1 Å². The summed E-state index contributed by atoms with van der Waals surface area (Å²) in [5.74, 6) is -0.269. The maximum atomic E-state index is 12.2. The molecule has 25 heavy (non-hydrogen) atoms. The second-order valence-electron chi connectivity index (χ2n) is 6.54. The molecule has 0 radical (unpaired) electrons. The van der Waals surface area contributed by atoms with Gasteiger partial charge in [-0.2, -0.15) is 0 Å². The van der Waals surface area contributed by atoms with Gasteiger partial charge in [-0.05, 0) is 30.5 Å². The Bertz CT molecular complexity index is 746. The van der Waals surface area contributed by atoms with Gasteiger partial charge in [0, 0.05) is 17.7 Å². The van der Waals surface area contributed by atoms with E-state index in [9.17, 15) is 9.59 Å². The number of anilines is 1. The van der Waals surface area contributed by atoms with E-state index in [2.05, 4.69) is 34.9 Å². The molecule has 0 fully saturated rings. The third-order valence-corrected chi connectivity index (χ3v) is 4.69. The number of imide groups is 1. The molecule has 5 nitrogen and oxygen atoms in total. The van der Waals surface area contributed by atoms with Gasteiger partial charge in [0.15, 0.2) is 6.54 Å². The van der Waals surface area contributed by atoms with E-state index in [4.69, 9.17) is 0 Å². The van der Waals surface area contributed by atoms with E-state index in [1.54, 1.807) is 12.1 Å². The first-order chi connectivity index (χ1) is 12.1. The molecule has 1 aliphatic rings. The number of carbonyl (C=O) groups is 2. The Morgan fingerprint density at radius 3 is 2.60 bits per heavy atom. The Morgan fingerprint density at radius 1 is 1.08 bits per heavy atom. The minimum Gasteiger partial charge on any atom is -0.323 e. The van der Waals surface area contributed by atoms with Crippen LogP contribution in [0.5, 0.6) is 0 Å². The van der Waals surface area contributed by atoms with Crippen LogP contribution in [0, 0.1) is 0 Å². The maximum absolute atomic E-state index is 12.2. The number of rotatable bonds is 4. The lowest BCUT2D eigenvalue weighted by atomic mass is 9.87. The van der Waals surface area contributed by atoms with Gasteiger partial charge in [-0.25, -0.2) is 4.79 Å². The summed E-state index contributed by atoms with van der Waals surface area (Å²) in [6, 6.07) is 17.3. The number of quaternary nitrogens is 1. The summed E-state index contributed by atoms with van der Waals surface area (Å²) < 4.78 is 0. The molecule has 130 valence electrons. The first kappa shape index (κ1) is 17.2. The molecule has 5 heteroatoms. The summed E-state index contributed by atoms with van der Waals surface area (Å²) in [6.45, 7) is 0.265. The molecule has 3 amide bonds. The second-order valence-corrected chi connectivity index (χ2v) is 6.54. The monoisotopic (exact) mass is 338 g/mol. The van der Waals surface area contributed by atoms with Crippen molar-refractivity contribution in [3.8, 4) is 0 Å². The van der Waals surface area contributed by atoms with Crippen LogP contribution in [0.1, 0.15) is 30.0 Å². The normalized spacial score (nSPS) is 17.2. The molecule has 0 aromatic heterocycles. The van der Waals surface area contributed by atoms with Crippen LogP contribution in [-0.4, -0.2) is 25.5 Å². The van der Waals surface area contributed by atoms with Crippen molar-refractivity contribution in [1.29, 1.82) is 0 Å². The minimum atomic E-state index is -0.493. The fourth-order valence-electron chi connectivity index (χ4n) is 3.50. The zero-order valence-corrected chi connectivity index (χ0v) is 14.4. The van der Waals surface area contributed by atoms with Crippen LogP contribution < -0.4 is 15.5 Å². The standard InChI is InChI=1S/C20H23N3O2/c1-23(18-13-7-9-15-8-5-6-12-17(15)18)14-19(24)22-20(25)21-16-10-3-2-4-11-16/h2-6,8,10-12,18H,7,9,13-14H2,1H3,(H2,21,22,24,25)/p+1/t18-/m1/s1. The van der Waals surface area contributed by atoms with Crippen LogP contribution in [0.15, 0.2) is 54.6 Å². The van der Waals surface area contributed by atoms with Gasteiger partial charge in [-0.15, -0.1) is 0 Å². The summed E-state index contributed by atoms with van der Waals surface area (Å²) in [4.78, 5) is 25.3. The number of hydrogen-bond donors (Lipinski definition) is 3. The lowest BCUT2D eigenvalue weighted by molar-refractivity contribution is -0.905. The number of nitrogens with one attached hydrogen (secondary N) is 3. The van der Waals surface area contributed by atoms with E-state index in [0.29, 0.717) is 11.7 Å². The van der Waals surface area contributed by atoms with Crippen molar-refractivity contribution < 1.29 is 14.5 Å². The molecule has 0 heterocycles. The summed E-state index contributed by atoms with van der Waals surface area (Å²) in [5, 5.41) is 5.07. The number of benzene rings is 2. The van der Waals surface area contributed by atoms with E-state index < -0.39 is 6.03 Å². The molecule has 2 aromatic carbocycles. The number of carbonyl (C=O) groups excluding carboxylic acids is 2. The topological polar surface area (TPSA) is 62.6 Å². The van der Waals surface area contributed by atoms with Gasteiger partial charge in [0.25, 0.3) is 5.91 Å². The Hall–Kier alpha value is -2.66. The SMILES string of the molecule is C[NH+](CC(=O)NC(=O)Nc1ccccc1)[C@@H]1CCCc2ccccc21. The predicted molar refractivity (Wildman–Crippen MR) is 97.5 cm³/mol. The molecule has 0 spiro atoms. The van der Waals surface area contributed by atoms with Crippen molar-refractivity contribution in [2.24, 2.45) is 0 Å². The zero-order valence-electron chi connectivity index (χ0n) is 14.4. The van der Waals surface area contributed by atoms with E-state index in [1.165, 1.54) is 11.1 Å². The Labute approximate surface area is 148 Å². The van der Waals surface area contributed by atoms with Crippen LogP contribution in [0.2, 0.25) is 0 Å². The van der Waals surface area contributed by atoms with Gasteiger partial charge >= 0.3 is 6.03 Å². The molecule has 2 atom stereocenters. The van der Waals surface area contributed by atoms with E-state index in [-0.39, 0.29) is 12.5 Å². The highest BCUT2D eigenvalue weighted by Gasteiger charge is 2.28. The zero-order chi connectivity index (χ0) is 17.6. The number of likely N-dealkylation sites (N-methyl/N-ethyl adjacent to an activating group) is 1. The van der Waals surface area contributed by atoms with Gasteiger partial charge < -0.3 is 10.2 Å². The van der Waals surface area contributed by atoms with Crippen molar-refractivity contribution in [3.05, 3.63) is 65.7 Å². The molecule has 0 saturated carbocycles. The molecule has 1 unspecified atom stereocenters. The molecule has 0 bridgehead atoms. The number of amides is 3. The Balaban J connectivity index is 1.55. The van der Waals surface area contributed by atoms with Crippen molar-refractivity contribution in [3.63, 3.8) is 0 Å². The summed E-state index contributed by atoms with van der Waals surface area (Å²) in [7, 11) is 2.02. The molecule has 0 aliphatic heterocycles. The quantitative estimate of drug-likeness (QED) is 0.798. The molecule has 1 aliphatic carbocycles. The minimum absolute atomic E-state index is 0.265. The van der Waals surface area contributed by atoms with Crippen molar-refractivity contribution in [2.75, 3.05) is 18.9 Å². The van der Waals surface area contributed by atoms with Crippen molar-refractivity contribution in [1.82, 2.24) is 5.32 Å². The maximum Gasteiger partial charge on any atom is 0.326 e. The predicted octanol–water partition coefficient (Wildman–Crippen LogP) is 1.93. The molecule has 3 rings (SSSR count). The molecular formula is C20H24N3O2+. The largest absolute Gasteiger partial charge is 0.326 e. The first-order valence-electron chi connectivity index (χ1n) is 8.69. The average molecular weight is 338 g/mol. The first-order valence-corrected chi connectivity index (χ1v) is 8.69. The number of para-hydroxylation sites is 1. The van der Waals surface area contributed by atoms with Gasteiger partial charge in [0.2, 0.25) is 0 Å². The molecule has 0 saturated heterocycles. The number of hydrogen-bond acceptors (Lipinski definition) is 2. The average Bonchev–Trinajstić information content (AvgIpc) is 2.61. The number of fused-ring (bicyclic) bond motifs is 1. The fourth-order valence-corrected chi connectivity index (χ4v) is 3.50. The van der Waals surface area contributed by atoms with Crippen LogP contribution >= 0.6 is 0 Å². The summed E-state index contributed by atoms with van der Waals surface area (Å²) in [5.41, 5.74) is 3.36. The van der Waals surface area contributed by atoms with Crippen molar-refractivity contribution >= 4 is 17.6 Å². The fraction of sp³-hybridized carbons (Fsp3) is 0.300. The highest BCUT2D eigenvalue weighted by Crippen LogP contribution is 2.27. The van der Waals surface area contributed by atoms with E-state index >= 15 is 0 Å². The van der Waals surface area contributed by atoms with Crippen LogP contribution in [0.3, 0.4) is 0 Å². The van der Waals surface area contributed by atoms with Crippen LogP contribution in [-0.2, 0) is 11.2 Å². The van der Waals surface area contributed by atoms with Crippen LogP contribution in [0.25, 0.3) is 0 Å². The summed E-state index contributed by atoms with van der Waals surface area (Å²) in [6.07, 6.45) is 3.30.